The molecule has 1 aliphatic heterocycles. The summed E-state index contributed by atoms with van der Waals surface area (Å²) in [5, 5.41) is 0. The average molecular weight is 232 g/mol. The number of hydrogen-bond acceptors (Lipinski definition) is 2. The summed E-state index contributed by atoms with van der Waals surface area (Å²) in [6.07, 6.45) is 2.07. The van der Waals surface area contributed by atoms with Gasteiger partial charge in [-0.15, -0.1) is 0 Å². The summed E-state index contributed by atoms with van der Waals surface area (Å²) in [5.74, 6) is 1.66. The fourth-order valence-electron chi connectivity index (χ4n) is 2.08. The minimum absolute atomic E-state index is 0.0811. The van der Waals surface area contributed by atoms with E-state index in [0.29, 0.717) is 5.92 Å². The summed E-state index contributed by atoms with van der Waals surface area (Å²) in [5.41, 5.74) is 2.01. The molecule has 0 spiro atoms. The van der Waals surface area contributed by atoms with Crippen LogP contribution in [0.4, 0.5) is 0 Å². The van der Waals surface area contributed by atoms with Crippen LogP contribution in [0.25, 0.3) is 0 Å². The highest BCUT2D eigenvalue weighted by molar-refractivity contribution is 5.98. The Hall–Kier alpha value is -1.31. The van der Waals surface area contributed by atoms with E-state index in [2.05, 4.69) is 13.8 Å². The van der Waals surface area contributed by atoms with E-state index < -0.39 is 0 Å². The third-order valence-electron chi connectivity index (χ3n) is 3.61. The van der Waals surface area contributed by atoms with Gasteiger partial charge < -0.3 is 4.74 Å². The Balaban J connectivity index is 2.25. The third-order valence-corrected chi connectivity index (χ3v) is 3.61. The predicted octanol–water partition coefficient (Wildman–Crippen LogP) is 3.49. The molecule has 2 rings (SSSR count). The maximum atomic E-state index is 12.2. The zero-order valence-corrected chi connectivity index (χ0v) is 10.8. The van der Waals surface area contributed by atoms with Crippen LogP contribution >= 0.6 is 0 Å². The molecule has 0 bridgehead atoms. The second-order valence-corrected chi connectivity index (χ2v) is 5.17. The van der Waals surface area contributed by atoms with Crippen LogP contribution in [0.2, 0.25) is 0 Å². The summed E-state index contributed by atoms with van der Waals surface area (Å²) in [6.45, 7) is 6.97. The van der Waals surface area contributed by atoms with E-state index in [1.165, 1.54) is 5.56 Å². The highest BCUT2D eigenvalue weighted by atomic mass is 16.5. The lowest BCUT2D eigenvalue weighted by Crippen LogP contribution is -2.18. The van der Waals surface area contributed by atoms with Crippen LogP contribution < -0.4 is 4.74 Å². The highest BCUT2D eigenvalue weighted by Gasteiger charge is 2.20. The number of carbonyl (C=O) groups is 1. The Kier molecular flexibility index (Phi) is 3.51. The van der Waals surface area contributed by atoms with Gasteiger partial charge in [-0.1, -0.05) is 20.8 Å². The minimum Gasteiger partial charge on any atom is -0.493 e. The first kappa shape index (κ1) is 12.2. The molecule has 1 atom stereocenters. The monoisotopic (exact) mass is 232 g/mol. The fraction of sp³-hybridized carbons (Fsp3) is 0.533. The van der Waals surface area contributed by atoms with E-state index in [4.69, 9.17) is 4.74 Å². The van der Waals surface area contributed by atoms with Gasteiger partial charge in [0, 0.05) is 11.5 Å². The molecule has 0 radical (unpaired) electrons. The fourth-order valence-corrected chi connectivity index (χ4v) is 2.08. The van der Waals surface area contributed by atoms with Crippen molar-refractivity contribution in [1.29, 1.82) is 0 Å². The van der Waals surface area contributed by atoms with Gasteiger partial charge in [-0.25, -0.2) is 0 Å². The van der Waals surface area contributed by atoms with E-state index in [1.54, 1.807) is 0 Å². The van der Waals surface area contributed by atoms with E-state index >= 15 is 0 Å². The molecule has 2 nitrogen and oxygen atoms in total. The summed E-state index contributed by atoms with van der Waals surface area (Å²) in [6, 6.07) is 5.84. The second kappa shape index (κ2) is 4.91. The molecule has 1 unspecified atom stereocenters. The zero-order chi connectivity index (χ0) is 12.4. The van der Waals surface area contributed by atoms with Crippen LogP contribution in [-0.4, -0.2) is 12.4 Å². The van der Waals surface area contributed by atoms with Crippen molar-refractivity contribution in [2.24, 2.45) is 11.8 Å². The number of carbonyl (C=O) groups excluding carboxylic acids is 1. The molecule has 0 aromatic heterocycles. The van der Waals surface area contributed by atoms with Gasteiger partial charge in [0.25, 0.3) is 0 Å². The smallest absolute Gasteiger partial charge is 0.165 e. The van der Waals surface area contributed by atoms with Crippen molar-refractivity contribution in [2.75, 3.05) is 6.61 Å². The van der Waals surface area contributed by atoms with Gasteiger partial charge >= 0.3 is 0 Å². The molecule has 0 N–H and O–H groups in total. The minimum atomic E-state index is 0.0811. The zero-order valence-electron chi connectivity index (χ0n) is 10.8. The van der Waals surface area contributed by atoms with Crippen LogP contribution in [0, 0.1) is 11.8 Å². The van der Waals surface area contributed by atoms with Crippen molar-refractivity contribution in [3.63, 3.8) is 0 Å². The first-order valence-electron chi connectivity index (χ1n) is 6.39. The molecule has 92 valence electrons. The van der Waals surface area contributed by atoms with Crippen molar-refractivity contribution in [1.82, 2.24) is 0 Å². The molecule has 17 heavy (non-hydrogen) atoms. The lowest BCUT2D eigenvalue weighted by molar-refractivity contribution is 0.0899. The van der Waals surface area contributed by atoms with E-state index in [9.17, 15) is 4.79 Å². The molecule has 1 aromatic carbocycles. The molecule has 0 aliphatic carbocycles. The van der Waals surface area contributed by atoms with Gasteiger partial charge in [0.05, 0.1) is 6.61 Å². The van der Waals surface area contributed by atoms with Gasteiger partial charge in [-0.2, -0.15) is 0 Å². The maximum Gasteiger partial charge on any atom is 0.165 e. The molecule has 2 heteroatoms. The number of Topliss-reactive ketones (excluding diaryl/α,β-unsaturated/α-hetero) is 1. The van der Waals surface area contributed by atoms with Crippen LogP contribution in [0.1, 0.15) is 43.1 Å². The van der Waals surface area contributed by atoms with E-state index in [-0.39, 0.29) is 11.7 Å². The number of ether oxygens (including phenoxy) is 1. The van der Waals surface area contributed by atoms with E-state index in [1.807, 2.05) is 25.1 Å². The van der Waals surface area contributed by atoms with Gasteiger partial charge in [0.2, 0.25) is 0 Å². The Morgan fingerprint density at radius 2 is 2.06 bits per heavy atom. The van der Waals surface area contributed by atoms with Crippen molar-refractivity contribution in [3.05, 3.63) is 29.3 Å². The normalized spacial score (nSPS) is 16.2. The van der Waals surface area contributed by atoms with Crippen LogP contribution in [0.15, 0.2) is 18.2 Å². The third kappa shape index (κ3) is 2.51. The number of rotatable bonds is 3. The maximum absolute atomic E-state index is 12.2. The number of hydrogen-bond donors (Lipinski definition) is 0. The molecule has 0 saturated carbocycles. The largest absolute Gasteiger partial charge is 0.493 e. The molecule has 0 fully saturated rings. The summed E-state index contributed by atoms with van der Waals surface area (Å²) < 4.78 is 5.55. The SMILES string of the molecule is CC(C)C(C)C(=O)c1ccc2c(c1)CCCO2. The van der Waals surface area contributed by atoms with Crippen molar-refractivity contribution < 1.29 is 9.53 Å². The van der Waals surface area contributed by atoms with Crippen molar-refractivity contribution >= 4 is 5.78 Å². The molecule has 1 heterocycles. The first-order valence-corrected chi connectivity index (χ1v) is 6.39. The number of benzene rings is 1. The lowest BCUT2D eigenvalue weighted by atomic mass is 9.88. The number of aryl methyl sites for hydroxylation is 1. The topological polar surface area (TPSA) is 26.3 Å². The Morgan fingerprint density at radius 3 is 2.76 bits per heavy atom. The van der Waals surface area contributed by atoms with Crippen LogP contribution in [0.3, 0.4) is 0 Å². The average Bonchev–Trinajstić information content (AvgIpc) is 2.36. The first-order chi connectivity index (χ1) is 8.09. The molecular formula is C15H20O2. The number of fused-ring (bicyclic) bond motifs is 1. The molecule has 1 aromatic rings. The van der Waals surface area contributed by atoms with Crippen LogP contribution in [-0.2, 0) is 6.42 Å². The van der Waals surface area contributed by atoms with Gasteiger partial charge in [-0.05, 0) is 42.5 Å². The molecular weight excluding hydrogens is 212 g/mol. The predicted molar refractivity (Wildman–Crippen MR) is 68.6 cm³/mol. The van der Waals surface area contributed by atoms with Gasteiger partial charge in [-0.3, -0.25) is 4.79 Å². The highest BCUT2D eigenvalue weighted by Crippen LogP contribution is 2.27. The molecule has 1 aliphatic rings. The van der Waals surface area contributed by atoms with Crippen molar-refractivity contribution in [3.8, 4) is 5.75 Å². The quantitative estimate of drug-likeness (QED) is 0.746. The van der Waals surface area contributed by atoms with Gasteiger partial charge in [0.15, 0.2) is 5.78 Å². The Bertz CT molecular complexity index is 421. The summed E-state index contributed by atoms with van der Waals surface area (Å²) in [7, 11) is 0. The summed E-state index contributed by atoms with van der Waals surface area (Å²) >= 11 is 0. The lowest BCUT2D eigenvalue weighted by Gasteiger charge is -2.19. The Morgan fingerprint density at radius 1 is 1.29 bits per heavy atom. The van der Waals surface area contributed by atoms with Gasteiger partial charge in [0.1, 0.15) is 5.75 Å². The van der Waals surface area contributed by atoms with Crippen LogP contribution in [0.5, 0.6) is 5.75 Å². The molecule has 0 saturated heterocycles. The standard InChI is InChI=1S/C15H20O2/c1-10(2)11(3)15(16)13-6-7-14-12(9-13)5-4-8-17-14/h6-7,9-11H,4-5,8H2,1-3H3. The second-order valence-electron chi connectivity index (χ2n) is 5.17. The number of ketones is 1. The Labute approximate surface area is 103 Å². The summed E-state index contributed by atoms with van der Waals surface area (Å²) in [4.78, 5) is 12.2. The van der Waals surface area contributed by atoms with Crippen molar-refractivity contribution in [2.45, 2.75) is 33.6 Å². The molecule has 0 amide bonds. The van der Waals surface area contributed by atoms with E-state index in [0.717, 1.165) is 30.8 Å².